The van der Waals surface area contributed by atoms with Crippen molar-refractivity contribution in [2.24, 2.45) is 0 Å². The van der Waals surface area contributed by atoms with E-state index in [4.69, 9.17) is 0 Å². The van der Waals surface area contributed by atoms with E-state index in [1.165, 1.54) is 0 Å². The number of rotatable bonds is 4. The number of anilines is 1. The van der Waals surface area contributed by atoms with Crippen molar-refractivity contribution in [3.05, 3.63) is 66.2 Å². The van der Waals surface area contributed by atoms with Crippen LogP contribution in [-0.2, 0) is 9.59 Å². The van der Waals surface area contributed by atoms with Crippen molar-refractivity contribution in [1.82, 2.24) is 0 Å². The van der Waals surface area contributed by atoms with Gasteiger partial charge in [-0.25, -0.2) is 0 Å². The van der Waals surface area contributed by atoms with Crippen molar-refractivity contribution < 1.29 is 9.59 Å². The maximum absolute atomic E-state index is 12.9. The van der Waals surface area contributed by atoms with Gasteiger partial charge < -0.3 is 0 Å². The molecule has 1 amide bonds. The Balaban J connectivity index is 1.95. The van der Waals surface area contributed by atoms with Crippen LogP contribution in [0.2, 0.25) is 0 Å². The summed E-state index contributed by atoms with van der Waals surface area (Å²) in [6.07, 6.45) is 0.370. The first-order valence-electron chi connectivity index (χ1n) is 7.25. The number of carbonyl (C=O) groups excluding carboxylic acids is 2. The molecule has 4 heteroatoms. The SMILES string of the molecule is CC(=O)CC1SC(c2ccccc2)C(=O)N1c1ccccc1. The molecule has 0 bridgehead atoms. The van der Waals surface area contributed by atoms with Crippen LogP contribution in [0.5, 0.6) is 0 Å². The third-order valence-electron chi connectivity index (χ3n) is 3.64. The smallest absolute Gasteiger partial charge is 0.245 e. The van der Waals surface area contributed by atoms with E-state index in [1.807, 2.05) is 60.7 Å². The standard InChI is InChI=1S/C18H17NO2S/c1-13(20)12-16-19(15-10-6-3-7-11-15)18(21)17(22-16)14-8-4-2-5-9-14/h2-11,16-17H,12H2,1H3. The van der Waals surface area contributed by atoms with Gasteiger partial charge in [0.25, 0.3) is 0 Å². The number of nitrogens with zero attached hydrogens (tertiary/aromatic N) is 1. The summed E-state index contributed by atoms with van der Waals surface area (Å²) >= 11 is 1.56. The molecule has 2 aromatic rings. The van der Waals surface area contributed by atoms with Gasteiger partial charge >= 0.3 is 0 Å². The molecule has 0 N–H and O–H groups in total. The topological polar surface area (TPSA) is 37.4 Å². The minimum absolute atomic E-state index is 0.0497. The Morgan fingerprint density at radius 1 is 1.05 bits per heavy atom. The maximum atomic E-state index is 12.9. The zero-order valence-corrected chi connectivity index (χ0v) is 13.1. The molecule has 1 heterocycles. The predicted molar refractivity (Wildman–Crippen MR) is 89.8 cm³/mol. The second-order valence-corrected chi connectivity index (χ2v) is 6.62. The van der Waals surface area contributed by atoms with Gasteiger partial charge in [-0.2, -0.15) is 0 Å². The van der Waals surface area contributed by atoms with Crippen molar-refractivity contribution in [2.45, 2.75) is 24.0 Å². The van der Waals surface area contributed by atoms with Gasteiger partial charge in [-0.3, -0.25) is 14.5 Å². The van der Waals surface area contributed by atoms with Gasteiger partial charge in [0.15, 0.2) is 0 Å². The summed E-state index contributed by atoms with van der Waals surface area (Å²) in [7, 11) is 0. The zero-order chi connectivity index (χ0) is 15.5. The summed E-state index contributed by atoms with van der Waals surface area (Å²) < 4.78 is 0. The van der Waals surface area contributed by atoms with E-state index >= 15 is 0 Å². The molecular formula is C18H17NO2S. The van der Waals surface area contributed by atoms with E-state index in [9.17, 15) is 9.59 Å². The van der Waals surface area contributed by atoms with E-state index in [0.29, 0.717) is 6.42 Å². The fourth-order valence-corrected chi connectivity index (χ4v) is 4.20. The minimum atomic E-state index is -0.245. The fourth-order valence-electron chi connectivity index (χ4n) is 2.66. The fraction of sp³-hybridized carbons (Fsp3) is 0.222. The van der Waals surface area contributed by atoms with Crippen molar-refractivity contribution in [1.29, 1.82) is 0 Å². The molecule has 112 valence electrons. The largest absolute Gasteiger partial charge is 0.300 e. The van der Waals surface area contributed by atoms with E-state index in [0.717, 1.165) is 11.3 Å². The third kappa shape index (κ3) is 2.92. The molecule has 1 aliphatic rings. The molecule has 0 saturated carbocycles. The van der Waals surface area contributed by atoms with E-state index in [1.54, 1.807) is 23.6 Å². The molecular weight excluding hydrogens is 294 g/mol. The summed E-state index contributed by atoms with van der Waals surface area (Å²) in [5.41, 5.74) is 1.84. The molecule has 2 unspecified atom stereocenters. The van der Waals surface area contributed by atoms with Crippen LogP contribution in [0.4, 0.5) is 5.69 Å². The number of amides is 1. The highest BCUT2D eigenvalue weighted by atomic mass is 32.2. The van der Waals surface area contributed by atoms with Gasteiger partial charge in [-0.15, -0.1) is 11.8 Å². The van der Waals surface area contributed by atoms with Crippen molar-refractivity contribution in [3.8, 4) is 0 Å². The summed E-state index contributed by atoms with van der Waals surface area (Å²) in [6, 6.07) is 19.3. The average molecular weight is 311 g/mol. The Labute approximate surface area is 134 Å². The van der Waals surface area contributed by atoms with Gasteiger partial charge in [0.2, 0.25) is 5.91 Å². The van der Waals surface area contributed by atoms with E-state index in [-0.39, 0.29) is 22.3 Å². The van der Waals surface area contributed by atoms with Crippen LogP contribution in [0.25, 0.3) is 0 Å². The van der Waals surface area contributed by atoms with Crippen LogP contribution >= 0.6 is 11.8 Å². The molecule has 22 heavy (non-hydrogen) atoms. The first-order chi connectivity index (χ1) is 10.7. The molecule has 3 rings (SSSR count). The zero-order valence-electron chi connectivity index (χ0n) is 12.3. The van der Waals surface area contributed by atoms with Gasteiger partial charge in [0.1, 0.15) is 11.0 Å². The molecule has 0 aromatic heterocycles. The first-order valence-corrected chi connectivity index (χ1v) is 8.19. The second-order valence-electron chi connectivity index (χ2n) is 5.33. The monoisotopic (exact) mass is 311 g/mol. The summed E-state index contributed by atoms with van der Waals surface area (Å²) in [4.78, 5) is 26.2. The molecule has 1 aliphatic heterocycles. The summed E-state index contributed by atoms with van der Waals surface area (Å²) in [5, 5.41) is -0.386. The summed E-state index contributed by atoms with van der Waals surface area (Å²) in [5.74, 6) is 0.147. The number of carbonyl (C=O) groups is 2. The Bertz CT molecular complexity index is 672. The van der Waals surface area contributed by atoms with E-state index < -0.39 is 0 Å². The van der Waals surface area contributed by atoms with Crippen LogP contribution < -0.4 is 4.90 Å². The van der Waals surface area contributed by atoms with Crippen LogP contribution in [0.1, 0.15) is 24.2 Å². The van der Waals surface area contributed by atoms with Crippen LogP contribution in [0.15, 0.2) is 60.7 Å². The van der Waals surface area contributed by atoms with Gasteiger partial charge in [-0.05, 0) is 24.6 Å². The minimum Gasteiger partial charge on any atom is -0.300 e. The Kier molecular flexibility index (Phi) is 4.29. The number of Topliss-reactive ketones (excluding diaryl/α,β-unsaturated/α-hetero) is 1. The lowest BCUT2D eigenvalue weighted by molar-refractivity contribution is -0.118. The average Bonchev–Trinajstić information content (AvgIpc) is 2.85. The van der Waals surface area contributed by atoms with Gasteiger partial charge in [0, 0.05) is 12.1 Å². The van der Waals surface area contributed by atoms with Crippen LogP contribution in [0.3, 0.4) is 0 Å². The molecule has 0 spiro atoms. The van der Waals surface area contributed by atoms with Crippen molar-refractivity contribution in [2.75, 3.05) is 4.90 Å². The number of ketones is 1. The molecule has 1 fully saturated rings. The Morgan fingerprint density at radius 2 is 1.64 bits per heavy atom. The number of para-hydroxylation sites is 1. The molecule has 0 radical (unpaired) electrons. The quantitative estimate of drug-likeness (QED) is 0.861. The normalized spacial score (nSPS) is 21.1. The Hall–Kier alpha value is -2.07. The third-order valence-corrected chi connectivity index (χ3v) is 5.08. The predicted octanol–water partition coefficient (Wildman–Crippen LogP) is 3.81. The number of hydrogen-bond acceptors (Lipinski definition) is 3. The van der Waals surface area contributed by atoms with Crippen LogP contribution in [0, 0.1) is 0 Å². The highest BCUT2D eigenvalue weighted by Crippen LogP contribution is 2.45. The highest BCUT2D eigenvalue weighted by Gasteiger charge is 2.42. The van der Waals surface area contributed by atoms with E-state index in [2.05, 4.69) is 0 Å². The lowest BCUT2D eigenvalue weighted by Crippen LogP contribution is -2.34. The molecule has 2 aromatic carbocycles. The number of thioether (sulfide) groups is 1. The molecule has 3 nitrogen and oxygen atoms in total. The molecule has 0 aliphatic carbocycles. The summed E-state index contributed by atoms with van der Waals surface area (Å²) in [6.45, 7) is 1.57. The van der Waals surface area contributed by atoms with Crippen LogP contribution in [-0.4, -0.2) is 17.1 Å². The molecule has 1 saturated heterocycles. The molecule has 2 atom stereocenters. The van der Waals surface area contributed by atoms with Gasteiger partial charge in [0.05, 0.1) is 5.37 Å². The lowest BCUT2D eigenvalue weighted by Gasteiger charge is -2.23. The number of benzene rings is 2. The van der Waals surface area contributed by atoms with Crippen molar-refractivity contribution in [3.63, 3.8) is 0 Å². The van der Waals surface area contributed by atoms with Gasteiger partial charge in [-0.1, -0.05) is 48.5 Å². The highest BCUT2D eigenvalue weighted by molar-refractivity contribution is 8.01. The first kappa shape index (κ1) is 14.9. The second kappa shape index (κ2) is 6.36. The maximum Gasteiger partial charge on any atom is 0.245 e. The lowest BCUT2D eigenvalue weighted by atomic mass is 10.1. The van der Waals surface area contributed by atoms with Crippen molar-refractivity contribution >= 4 is 29.1 Å². The number of hydrogen-bond donors (Lipinski definition) is 0. The Morgan fingerprint density at radius 3 is 2.23 bits per heavy atom.